The van der Waals surface area contributed by atoms with Gasteiger partial charge in [0, 0.05) is 12.1 Å². The molecular weight excluding hydrogens is 440 g/mol. The van der Waals surface area contributed by atoms with Gasteiger partial charge in [-0.3, -0.25) is 4.79 Å². The van der Waals surface area contributed by atoms with Crippen LogP contribution in [0.1, 0.15) is 15.9 Å². The van der Waals surface area contributed by atoms with Gasteiger partial charge in [0.1, 0.15) is 11.8 Å². The number of nitrogen functional groups attached to an aromatic ring is 1. The van der Waals surface area contributed by atoms with Crippen LogP contribution in [0.5, 0.6) is 5.75 Å². The fraction of sp³-hybridized carbons (Fsp3) is 0.103. The van der Waals surface area contributed by atoms with E-state index in [1.807, 2.05) is 66.7 Å². The van der Waals surface area contributed by atoms with Gasteiger partial charge in [0.2, 0.25) is 0 Å². The molecule has 6 nitrogen and oxygen atoms in total. The highest BCUT2D eigenvalue weighted by atomic mass is 16.5. The molecule has 0 bridgehead atoms. The third kappa shape index (κ3) is 5.68. The maximum Gasteiger partial charge on any atom is 0.328 e. The van der Waals surface area contributed by atoms with E-state index < -0.39 is 17.9 Å². The van der Waals surface area contributed by atoms with E-state index in [9.17, 15) is 14.7 Å². The molecule has 1 atom stereocenters. The number of hydrogen-bond donors (Lipinski definition) is 3. The van der Waals surface area contributed by atoms with Crippen LogP contribution in [0, 0.1) is 0 Å². The van der Waals surface area contributed by atoms with Gasteiger partial charge in [0.05, 0.1) is 12.7 Å². The number of hydrogen-bond acceptors (Lipinski definition) is 5. The molecular formula is C29H26N2O4. The summed E-state index contributed by atoms with van der Waals surface area (Å²) in [4.78, 5) is 25.5. The molecule has 0 fully saturated rings. The fourth-order valence-electron chi connectivity index (χ4n) is 3.84. The zero-order chi connectivity index (χ0) is 24.8. The molecule has 0 heterocycles. The van der Waals surface area contributed by atoms with E-state index in [0.717, 1.165) is 27.8 Å². The lowest BCUT2D eigenvalue weighted by atomic mass is 9.99. The Morgan fingerprint density at radius 2 is 1.40 bits per heavy atom. The predicted molar refractivity (Wildman–Crippen MR) is 137 cm³/mol. The van der Waals surface area contributed by atoms with Crippen molar-refractivity contribution in [3.8, 4) is 28.0 Å². The summed E-state index contributed by atoms with van der Waals surface area (Å²) in [6.45, 7) is 0. The first-order valence-electron chi connectivity index (χ1n) is 11.2. The van der Waals surface area contributed by atoms with Crippen molar-refractivity contribution in [3.63, 3.8) is 0 Å². The van der Waals surface area contributed by atoms with E-state index in [1.165, 1.54) is 13.2 Å². The smallest absolute Gasteiger partial charge is 0.328 e. The average molecular weight is 467 g/mol. The SMILES string of the molecule is COC(=O)[C@H](Cc1ccc(-c2ccccc2)cc1)NC(=O)c1cc(-c2ccc(N)cc2)ccc1O. The van der Waals surface area contributed by atoms with Gasteiger partial charge in [-0.25, -0.2) is 4.79 Å². The van der Waals surface area contributed by atoms with Gasteiger partial charge in [-0.15, -0.1) is 0 Å². The molecule has 4 aromatic carbocycles. The maximum atomic E-state index is 13.1. The van der Waals surface area contributed by atoms with Crippen LogP contribution in [0.4, 0.5) is 5.69 Å². The summed E-state index contributed by atoms with van der Waals surface area (Å²) in [6, 6.07) is 28.8. The molecule has 4 aromatic rings. The van der Waals surface area contributed by atoms with Gasteiger partial charge in [-0.2, -0.15) is 0 Å². The Morgan fingerprint density at radius 1 is 0.829 bits per heavy atom. The lowest BCUT2D eigenvalue weighted by Crippen LogP contribution is -2.43. The summed E-state index contributed by atoms with van der Waals surface area (Å²) in [6.07, 6.45) is 0.242. The summed E-state index contributed by atoms with van der Waals surface area (Å²) in [5.41, 5.74) is 11.0. The van der Waals surface area contributed by atoms with E-state index >= 15 is 0 Å². The van der Waals surface area contributed by atoms with Crippen LogP contribution in [0.3, 0.4) is 0 Å². The Balaban J connectivity index is 1.53. The zero-order valence-electron chi connectivity index (χ0n) is 19.3. The van der Waals surface area contributed by atoms with Gasteiger partial charge in [0.25, 0.3) is 5.91 Å². The zero-order valence-corrected chi connectivity index (χ0v) is 19.3. The van der Waals surface area contributed by atoms with E-state index in [1.54, 1.807) is 24.3 Å². The summed E-state index contributed by atoms with van der Waals surface area (Å²) < 4.78 is 4.92. The van der Waals surface area contributed by atoms with Crippen LogP contribution in [0.15, 0.2) is 97.1 Å². The number of carbonyl (C=O) groups excluding carboxylic acids is 2. The molecule has 0 saturated heterocycles. The quantitative estimate of drug-likeness (QED) is 0.268. The van der Waals surface area contributed by atoms with Crippen molar-refractivity contribution in [2.24, 2.45) is 0 Å². The number of rotatable bonds is 7. The normalized spacial score (nSPS) is 11.5. The molecule has 0 aliphatic rings. The highest BCUT2D eigenvalue weighted by molar-refractivity contribution is 6.00. The number of phenols is 1. The highest BCUT2D eigenvalue weighted by Crippen LogP contribution is 2.27. The van der Waals surface area contributed by atoms with E-state index in [2.05, 4.69) is 5.32 Å². The monoisotopic (exact) mass is 466 g/mol. The number of ether oxygens (including phenoxy) is 1. The molecule has 35 heavy (non-hydrogen) atoms. The lowest BCUT2D eigenvalue weighted by Gasteiger charge is -2.18. The van der Waals surface area contributed by atoms with Crippen molar-refractivity contribution in [1.82, 2.24) is 5.32 Å². The molecule has 1 amide bonds. The third-order valence-corrected chi connectivity index (χ3v) is 5.78. The second-order valence-electron chi connectivity index (χ2n) is 8.17. The first kappa shape index (κ1) is 23.6. The van der Waals surface area contributed by atoms with Crippen molar-refractivity contribution in [2.75, 3.05) is 12.8 Å². The second kappa shape index (κ2) is 10.6. The number of anilines is 1. The van der Waals surface area contributed by atoms with Crippen molar-refractivity contribution >= 4 is 17.6 Å². The largest absolute Gasteiger partial charge is 0.507 e. The lowest BCUT2D eigenvalue weighted by molar-refractivity contribution is -0.142. The standard InChI is InChI=1S/C29H26N2O4/c1-35-29(34)26(17-19-7-9-21(10-8-19)20-5-3-2-4-6-20)31-28(33)25-18-23(13-16-27(25)32)22-11-14-24(30)15-12-22/h2-16,18,26,32H,17,30H2,1H3,(H,31,33)/t26-/m0/s1. The van der Waals surface area contributed by atoms with Crippen LogP contribution in [0.25, 0.3) is 22.3 Å². The van der Waals surface area contributed by atoms with E-state index in [4.69, 9.17) is 10.5 Å². The third-order valence-electron chi connectivity index (χ3n) is 5.78. The Hall–Kier alpha value is -4.58. The highest BCUT2D eigenvalue weighted by Gasteiger charge is 2.24. The summed E-state index contributed by atoms with van der Waals surface area (Å²) in [7, 11) is 1.28. The summed E-state index contributed by atoms with van der Waals surface area (Å²) >= 11 is 0. The molecule has 4 rings (SSSR count). The number of amides is 1. The Kier molecular flexibility index (Phi) is 7.12. The van der Waals surface area contributed by atoms with Crippen LogP contribution < -0.4 is 11.1 Å². The van der Waals surface area contributed by atoms with Crippen molar-refractivity contribution in [1.29, 1.82) is 0 Å². The number of carbonyl (C=O) groups is 2. The number of phenolic OH excluding ortho intramolecular Hbond substituents is 1. The average Bonchev–Trinajstić information content (AvgIpc) is 2.89. The molecule has 0 spiro atoms. The second-order valence-corrected chi connectivity index (χ2v) is 8.17. The number of aromatic hydroxyl groups is 1. The first-order valence-corrected chi connectivity index (χ1v) is 11.2. The van der Waals surface area contributed by atoms with Gasteiger partial charge in [0.15, 0.2) is 0 Å². The summed E-state index contributed by atoms with van der Waals surface area (Å²) in [5.74, 6) is -1.33. The number of esters is 1. The topological polar surface area (TPSA) is 102 Å². The van der Waals surface area contributed by atoms with Gasteiger partial charge in [-0.05, 0) is 52.1 Å². The van der Waals surface area contributed by atoms with Crippen LogP contribution in [-0.2, 0) is 16.0 Å². The van der Waals surface area contributed by atoms with Crippen LogP contribution in [-0.4, -0.2) is 30.1 Å². The maximum absolute atomic E-state index is 13.1. The molecule has 0 aliphatic carbocycles. The molecule has 0 saturated carbocycles. The number of methoxy groups -OCH3 is 1. The molecule has 176 valence electrons. The van der Waals surface area contributed by atoms with Crippen LogP contribution in [0.2, 0.25) is 0 Å². The molecule has 0 unspecified atom stereocenters. The van der Waals surface area contributed by atoms with Gasteiger partial charge < -0.3 is 20.9 Å². The molecule has 0 radical (unpaired) electrons. The fourth-order valence-corrected chi connectivity index (χ4v) is 3.84. The predicted octanol–water partition coefficient (Wildman–Crippen LogP) is 4.82. The summed E-state index contributed by atoms with van der Waals surface area (Å²) in [5, 5.41) is 13.1. The Labute approximate surface area is 204 Å². The minimum atomic E-state index is -0.922. The first-order chi connectivity index (χ1) is 16.9. The Morgan fingerprint density at radius 3 is 2.06 bits per heavy atom. The van der Waals surface area contributed by atoms with Crippen molar-refractivity contribution < 1.29 is 19.4 Å². The van der Waals surface area contributed by atoms with Crippen molar-refractivity contribution in [2.45, 2.75) is 12.5 Å². The number of benzene rings is 4. The minimum absolute atomic E-state index is 0.0626. The van der Waals surface area contributed by atoms with Gasteiger partial charge in [-0.1, -0.05) is 72.8 Å². The van der Waals surface area contributed by atoms with Gasteiger partial charge >= 0.3 is 5.97 Å². The van der Waals surface area contributed by atoms with E-state index in [0.29, 0.717) is 5.69 Å². The molecule has 6 heteroatoms. The molecule has 4 N–H and O–H groups in total. The number of nitrogens with two attached hydrogens (primary N) is 1. The Bertz CT molecular complexity index is 1320. The van der Waals surface area contributed by atoms with Crippen molar-refractivity contribution in [3.05, 3.63) is 108 Å². The van der Waals surface area contributed by atoms with Crippen LogP contribution >= 0.6 is 0 Å². The number of nitrogens with one attached hydrogen (secondary N) is 1. The minimum Gasteiger partial charge on any atom is -0.507 e. The molecule has 0 aromatic heterocycles. The van der Waals surface area contributed by atoms with E-state index in [-0.39, 0.29) is 17.7 Å². The molecule has 0 aliphatic heterocycles.